The lowest BCUT2D eigenvalue weighted by atomic mass is 9.94. The van der Waals surface area contributed by atoms with Gasteiger partial charge in [-0.25, -0.2) is 0 Å². The van der Waals surface area contributed by atoms with Crippen LogP contribution >= 0.6 is 12.6 Å². The van der Waals surface area contributed by atoms with Gasteiger partial charge >= 0.3 is 5.97 Å². The number of nitrogens with one attached hydrogen (secondary N) is 1. The van der Waals surface area contributed by atoms with E-state index in [1.54, 1.807) is 6.08 Å². The minimum Gasteiger partial charge on any atom is -0.453 e. The lowest BCUT2D eigenvalue weighted by Gasteiger charge is -2.34. The van der Waals surface area contributed by atoms with Crippen LogP contribution in [0, 0.1) is 0 Å². The number of hydrogen-bond donors (Lipinski definition) is 2. The Morgan fingerprint density at radius 3 is 3.00 bits per heavy atom. The number of thiol groups is 1. The zero-order valence-corrected chi connectivity index (χ0v) is 9.19. The van der Waals surface area contributed by atoms with Crippen LogP contribution in [0.2, 0.25) is 0 Å². The number of ether oxygens (including phenoxy) is 1. The highest BCUT2D eigenvalue weighted by Gasteiger charge is 2.32. The molecule has 0 aromatic rings. The first-order chi connectivity index (χ1) is 6.72. The van der Waals surface area contributed by atoms with Crippen LogP contribution in [0.15, 0.2) is 12.7 Å². The van der Waals surface area contributed by atoms with Gasteiger partial charge in [0.25, 0.3) is 0 Å². The van der Waals surface area contributed by atoms with E-state index < -0.39 is 5.60 Å². The smallest absolute Gasteiger partial charge is 0.307 e. The Labute approximate surface area is 90.3 Å². The van der Waals surface area contributed by atoms with E-state index in [1.807, 2.05) is 0 Å². The first kappa shape index (κ1) is 11.6. The van der Waals surface area contributed by atoms with Crippen LogP contribution in [0.25, 0.3) is 0 Å². The van der Waals surface area contributed by atoms with Crippen molar-refractivity contribution < 1.29 is 9.53 Å². The second kappa shape index (κ2) is 5.41. The molecule has 0 bridgehead atoms. The fourth-order valence-electron chi connectivity index (χ4n) is 1.57. The SMILES string of the molecule is C=CC1(OC(=O)CCS)CCCNC1. The number of hydrogen-bond acceptors (Lipinski definition) is 4. The summed E-state index contributed by atoms with van der Waals surface area (Å²) in [6.45, 7) is 5.39. The quantitative estimate of drug-likeness (QED) is 0.420. The first-order valence-corrected chi connectivity index (χ1v) is 5.53. The van der Waals surface area contributed by atoms with E-state index in [1.165, 1.54) is 0 Å². The molecule has 1 aliphatic heterocycles. The second-order valence-corrected chi connectivity index (χ2v) is 3.94. The summed E-state index contributed by atoms with van der Waals surface area (Å²) in [5.41, 5.74) is -0.488. The Morgan fingerprint density at radius 2 is 2.50 bits per heavy atom. The van der Waals surface area contributed by atoms with Gasteiger partial charge in [0.2, 0.25) is 0 Å². The molecule has 1 saturated heterocycles. The zero-order valence-electron chi connectivity index (χ0n) is 8.29. The second-order valence-electron chi connectivity index (χ2n) is 3.50. The molecule has 0 radical (unpaired) electrons. The van der Waals surface area contributed by atoms with Gasteiger partial charge < -0.3 is 10.1 Å². The summed E-state index contributed by atoms with van der Waals surface area (Å²) in [5.74, 6) is 0.336. The van der Waals surface area contributed by atoms with E-state index in [2.05, 4.69) is 24.5 Å². The number of rotatable bonds is 4. The van der Waals surface area contributed by atoms with E-state index in [0.29, 0.717) is 18.7 Å². The third kappa shape index (κ3) is 3.03. The highest BCUT2D eigenvalue weighted by molar-refractivity contribution is 7.80. The van der Waals surface area contributed by atoms with Gasteiger partial charge in [0.05, 0.1) is 6.42 Å². The van der Waals surface area contributed by atoms with Crippen molar-refractivity contribution in [1.29, 1.82) is 0 Å². The van der Waals surface area contributed by atoms with Crippen LogP contribution in [0.4, 0.5) is 0 Å². The monoisotopic (exact) mass is 215 g/mol. The zero-order chi connectivity index (χ0) is 10.4. The maximum atomic E-state index is 11.3. The first-order valence-electron chi connectivity index (χ1n) is 4.89. The summed E-state index contributed by atoms with van der Waals surface area (Å²) < 4.78 is 5.40. The van der Waals surface area contributed by atoms with Crippen LogP contribution in [0.3, 0.4) is 0 Å². The van der Waals surface area contributed by atoms with Crippen molar-refractivity contribution in [2.75, 3.05) is 18.8 Å². The van der Waals surface area contributed by atoms with Crippen molar-refractivity contribution in [2.45, 2.75) is 24.9 Å². The maximum absolute atomic E-state index is 11.3. The van der Waals surface area contributed by atoms with E-state index in [9.17, 15) is 4.79 Å². The van der Waals surface area contributed by atoms with Gasteiger partial charge in [-0.2, -0.15) is 12.6 Å². The summed E-state index contributed by atoms with van der Waals surface area (Å²) >= 11 is 3.99. The van der Waals surface area contributed by atoms with Gasteiger partial charge in [0.15, 0.2) is 0 Å². The molecule has 14 heavy (non-hydrogen) atoms. The third-order valence-corrected chi connectivity index (χ3v) is 2.61. The van der Waals surface area contributed by atoms with Crippen molar-refractivity contribution >= 4 is 18.6 Å². The molecular weight excluding hydrogens is 198 g/mol. The highest BCUT2D eigenvalue weighted by Crippen LogP contribution is 2.22. The summed E-state index contributed by atoms with van der Waals surface area (Å²) in [6, 6.07) is 0. The normalized spacial score (nSPS) is 26.9. The van der Waals surface area contributed by atoms with Gasteiger partial charge in [-0.3, -0.25) is 4.79 Å². The number of piperidine rings is 1. The predicted octanol–water partition coefficient (Wildman–Crippen LogP) is 1.16. The topological polar surface area (TPSA) is 38.3 Å². The van der Waals surface area contributed by atoms with Crippen LogP contribution in [-0.2, 0) is 9.53 Å². The minimum absolute atomic E-state index is 0.191. The lowest BCUT2D eigenvalue weighted by molar-refractivity contribution is -0.155. The molecular formula is C10H17NO2S. The van der Waals surface area contributed by atoms with Crippen molar-refractivity contribution in [2.24, 2.45) is 0 Å². The van der Waals surface area contributed by atoms with Crippen molar-refractivity contribution in [3.05, 3.63) is 12.7 Å². The standard InChI is InChI=1S/C10H17NO2S/c1-2-10(5-3-6-11-8-10)13-9(12)4-7-14/h2,11,14H,1,3-8H2. The summed E-state index contributed by atoms with van der Waals surface area (Å²) in [5, 5.41) is 3.21. The van der Waals surface area contributed by atoms with Crippen LogP contribution in [0.5, 0.6) is 0 Å². The molecule has 0 saturated carbocycles. The average Bonchev–Trinajstić information content (AvgIpc) is 2.19. The molecule has 1 heterocycles. The molecule has 1 rings (SSSR count). The maximum Gasteiger partial charge on any atom is 0.307 e. The Balaban J connectivity index is 2.51. The van der Waals surface area contributed by atoms with Crippen molar-refractivity contribution in [3.8, 4) is 0 Å². The van der Waals surface area contributed by atoms with Crippen molar-refractivity contribution in [1.82, 2.24) is 5.32 Å². The molecule has 0 aromatic carbocycles. The summed E-state index contributed by atoms with van der Waals surface area (Å²) in [7, 11) is 0. The van der Waals surface area contributed by atoms with Crippen molar-refractivity contribution in [3.63, 3.8) is 0 Å². The number of carbonyl (C=O) groups is 1. The Kier molecular flexibility index (Phi) is 4.48. The molecule has 1 aliphatic rings. The lowest BCUT2D eigenvalue weighted by Crippen LogP contribution is -2.47. The van der Waals surface area contributed by atoms with E-state index in [4.69, 9.17) is 4.74 Å². The number of carbonyl (C=O) groups excluding carboxylic acids is 1. The largest absolute Gasteiger partial charge is 0.453 e. The summed E-state index contributed by atoms with van der Waals surface area (Å²) in [6.07, 6.45) is 3.97. The molecule has 1 N–H and O–H groups in total. The molecule has 0 spiro atoms. The third-order valence-electron chi connectivity index (χ3n) is 2.38. The van der Waals surface area contributed by atoms with Gasteiger partial charge in [0.1, 0.15) is 5.60 Å². The van der Waals surface area contributed by atoms with E-state index in [-0.39, 0.29) is 5.97 Å². The minimum atomic E-state index is -0.488. The van der Waals surface area contributed by atoms with Gasteiger partial charge in [0, 0.05) is 12.3 Å². The molecule has 0 aliphatic carbocycles. The Morgan fingerprint density at radius 1 is 1.71 bits per heavy atom. The molecule has 80 valence electrons. The van der Waals surface area contributed by atoms with Crippen LogP contribution < -0.4 is 5.32 Å². The molecule has 3 nitrogen and oxygen atoms in total. The number of esters is 1. The van der Waals surface area contributed by atoms with Crippen LogP contribution in [-0.4, -0.2) is 30.4 Å². The molecule has 0 amide bonds. The predicted molar refractivity (Wildman–Crippen MR) is 59.6 cm³/mol. The van der Waals surface area contributed by atoms with E-state index in [0.717, 1.165) is 19.4 Å². The molecule has 1 fully saturated rings. The fourth-order valence-corrected chi connectivity index (χ4v) is 1.76. The molecule has 0 aromatic heterocycles. The molecule has 1 atom stereocenters. The fraction of sp³-hybridized carbons (Fsp3) is 0.700. The van der Waals surface area contributed by atoms with Gasteiger partial charge in [-0.05, 0) is 25.5 Å². The Hall–Kier alpha value is -0.480. The van der Waals surface area contributed by atoms with E-state index >= 15 is 0 Å². The molecule has 1 unspecified atom stereocenters. The average molecular weight is 215 g/mol. The Bertz CT molecular complexity index is 212. The van der Waals surface area contributed by atoms with Crippen LogP contribution in [0.1, 0.15) is 19.3 Å². The van der Waals surface area contributed by atoms with Gasteiger partial charge in [-0.1, -0.05) is 6.58 Å². The van der Waals surface area contributed by atoms with Gasteiger partial charge in [-0.15, -0.1) is 0 Å². The highest BCUT2D eigenvalue weighted by atomic mass is 32.1. The summed E-state index contributed by atoms with van der Waals surface area (Å²) in [4.78, 5) is 11.3. The molecule has 4 heteroatoms.